The van der Waals surface area contributed by atoms with E-state index in [9.17, 15) is 28.2 Å². The molecule has 1 amide bonds. The van der Waals surface area contributed by atoms with Gasteiger partial charge in [-0.1, -0.05) is 12.1 Å². The van der Waals surface area contributed by atoms with Crippen LogP contribution in [0, 0.1) is 0 Å². The molecule has 5 N–H and O–H groups in total. The molecule has 138 valence electrons. The molecule has 0 unspecified atom stereocenters. The Hall–Kier alpha value is -1.94. The van der Waals surface area contributed by atoms with Crippen LogP contribution in [-0.2, 0) is 11.0 Å². The van der Waals surface area contributed by atoms with Crippen molar-refractivity contribution in [2.24, 2.45) is 0 Å². The molecule has 1 heterocycles. The maximum Gasteiger partial charge on any atom is 0.416 e. The minimum atomic E-state index is -4.41. The van der Waals surface area contributed by atoms with Crippen molar-refractivity contribution in [3.63, 3.8) is 0 Å². The molecule has 2 rings (SSSR count). The Balaban J connectivity index is 1.85. The predicted octanol–water partition coefficient (Wildman–Crippen LogP) is -0.111. The van der Waals surface area contributed by atoms with Crippen molar-refractivity contribution in [2.75, 3.05) is 13.2 Å². The van der Waals surface area contributed by atoms with Crippen molar-refractivity contribution in [1.82, 2.24) is 10.6 Å². The summed E-state index contributed by atoms with van der Waals surface area (Å²) in [6, 6.07) is 3.06. The van der Waals surface area contributed by atoms with Crippen LogP contribution in [0.2, 0.25) is 0 Å². The third kappa shape index (κ3) is 5.02. The monoisotopic (exact) mass is 360 g/mol. The largest absolute Gasteiger partial charge is 0.416 e. The van der Waals surface area contributed by atoms with Gasteiger partial charge >= 0.3 is 6.18 Å². The van der Waals surface area contributed by atoms with Gasteiger partial charge in [-0.2, -0.15) is 13.2 Å². The number of halogens is 3. The summed E-state index contributed by atoms with van der Waals surface area (Å²) in [5.74, 6) is -0.504. The van der Waals surface area contributed by atoms with Crippen LogP contribution < -0.4 is 10.6 Å². The number of hydrogen-bond acceptors (Lipinski definition) is 5. The minimum absolute atomic E-state index is 0.0188. The van der Waals surface area contributed by atoms with E-state index in [2.05, 4.69) is 10.6 Å². The van der Waals surface area contributed by atoms with Gasteiger partial charge in [0.2, 0.25) is 5.91 Å². The lowest BCUT2D eigenvalue weighted by molar-refractivity contribution is -0.137. The van der Waals surface area contributed by atoms with Gasteiger partial charge in [-0.3, -0.25) is 4.79 Å². The fourth-order valence-corrected chi connectivity index (χ4v) is 2.51. The van der Waals surface area contributed by atoms with E-state index in [1.165, 1.54) is 18.2 Å². The normalized spacial score (nSPS) is 27.0. The molecule has 0 radical (unpaired) electrons. The molecule has 0 saturated carbocycles. The van der Waals surface area contributed by atoms with Gasteiger partial charge in [0.05, 0.1) is 36.5 Å². The smallest absolute Gasteiger partial charge is 0.395 e. The summed E-state index contributed by atoms with van der Waals surface area (Å²) in [7, 11) is 0. The summed E-state index contributed by atoms with van der Waals surface area (Å²) in [6.45, 7) is -0.332. The summed E-state index contributed by atoms with van der Waals surface area (Å²) < 4.78 is 37.4. The van der Waals surface area contributed by atoms with Crippen LogP contribution in [0.3, 0.4) is 0 Å². The van der Waals surface area contributed by atoms with Crippen molar-refractivity contribution in [2.45, 2.75) is 30.5 Å². The van der Waals surface area contributed by atoms with Gasteiger partial charge in [-0.15, -0.1) is 0 Å². The molecule has 1 fully saturated rings. The van der Waals surface area contributed by atoms with Gasteiger partial charge in [-0.05, 0) is 23.8 Å². The molecular weight excluding hydrogens is 341 g/mol. The van der Waals surface area contributed by atoms with E-state index in [-0.39, 0.29) is 13.2 Å². The van der Waals surface area contributed by atoms with Gasteiger partial charge in [0, 0.05) is 12.6 Å². The van der Waals surface area contributed by atoms with E-state index >= 15 is 0 Å². The predicted molar refractivity (Wildman–Crippen MR) is 83.3 cm³/mol. The number of amides is 1. The average Bonchev–Trinajstić information content (AvgIpc) is 2.85. The van der Waals surface area contributed by atoms with Crippen molar-refractivity contribution in [1.29, 1.82) is 0 Å². The Morgan fingerprint density at radius 3 is 2.28 bits per heavy atom. The Kier molecular flexibility index (Phi) is 6.17. The maximum atomic E-state index is 12.5. The topological polar surface area (TPSA) is 102 Å². The number of hydrogen-bond donors (Lipinski definition) is 5. The second-order valence-electron chi connectivity index (χ2n) is 5.74. The molecule has 1 aromatic rings. The van der Waals surface area contributed by atoms with Crippen molar-refractivity contribution >= 4 is 12.0 Å². The van der Waals surface area contributed by atoms with Gasteiger partial charge in [-0.25, -0.2) is 0 Å². The number of benzene rings is 1. The number of carbonyl (C=O) groups is 1. The highest BCUT2D eigenvalue weighted by Gasteiger charge is 2.40. The highest BCUT2D eigenvalue weighted by Crippen LogP contribution is 2.29. The van der Waals surface area contributed by atoms with Crippen LogP contribution in [0.1, 0.15) is 11.1 Å². The number of aliphatic hydroxyl groups is 3. The highest BCUT2D eigenvalue weighted by atomic mass is 19.4. The zero-order valence-corrected chi connectivity index (χ0v) is 13.1. The van der Waals surface area contributed by atoms with Gasteiger partial charge < -0.3 is 26.0 Å². The first-order valence-corrected chi connectivity index (χ1v) is 7.58. The van der Waals surface area contributed by atoms with Crippen molar-refractivity contribution in [3.8, 4) is 0 Å². The third-order valence-electron chi connectivity index (χ3n) is 3.96. The summed E-state index contributed by atoms with van der Waals surface area (Å²) in [4.78, 5) is 11.7. The first kappa shape index (κ1) is 19.4. The first-order chi connectivity index (χ1) is 11.7. The maximum absolute atomic E-state index is 12.5. The summed E-state index contributed by atoms with van der Waals surface area (Å²) in [5.41, 5.74) is -0.342. The molecule has 0 spiro atoms. The molecule has 9 heteroatoms. The van der Waals surface area contributed by atoms with Crippen LogP contribution in [0.15, 0.2) is 30.3 Å². The lowest BCUT2D eigenvalue weighted by atomic mass is 10.1. The Labute approximate surface area is 142 Å². The van der Waals surface area contributed by atoms with Crippen LogP contribution in [-0.4, -0.2) is 58.7 Å². The van der Waals surface area contributed by atoms with Crippen LogP contribution in [0.5, 0.6) is 0 Å². The second kappa shape index (κ2) is 7.96. The van der Waals surface area contributed by atoms with E-state index in [0.717, 1.165) is 18.2 Å². The fourth-order valence-electron chi connectivity index (χ4n) is 2.51. The van der Waals surface area contributed by atoms with E-state index in [4.69, 9.17) is 5.11 Å². The molecule has 6 nitrogen and oxygen atoms in total. The van der Waals surface area contributed by atoms with Crippen molar-refractivity contribution in [3.05, 3.63) is 41.5 Å². The van der Waals surface area contributed by atoms with Gasteiger partial charge in [0.15, 0.2) is 0 Å². The number of alkyl halides is 3. The van der Waals surface area contributed by atoms with Crippen LogP contribution in [0.4, 0.5) is 13.2 Å². The molecule has 1 aromatic carbocycles. The Morgan fingerprint density at radius 2 is 1.76 bits per heavy atom. The van der Waals surface area contributed by atoms with Crippen LogP contribution >= 0.6 is 0 Å². The number of rotatable bonds is 5. The summed E-state index contributed by atoms with van der Waals surface area (Å²) in [5, 5.41) is 33.8. The SMILES string of the molecule is O=C(/C=C/c1ccc(C(F)(F)F)cc1)NC[C@H]1N[C@H](CO)[C@H](O)[C@@H]1O. The molecule has 1 saturated heterocycles. The lowest BCUT2D eigenvalue weighted by Gasteiger charge is -2.15. The van der Waals surface area contributed by atoms with Crippen LogP contribution in [0.25, 0.3) is 6.08 Å². The first-order valence-electron chi connectivity index (χ1n) is 7.58. The van der Waals surface area contributed by atoms with Gasteiger partial charge in [0.1, 0.15) is 0 Å². The van der Waals surface area contributed by atoms with E-state index < -0.39 is 41.9 Å². The number of carbonyl (C=O) groups excluding carboxylic acids is 1. The molecule has 4 atom stereocenters. The second-order valence-corrected chi connectivity index (χ2v) is 5.74. The zero-order valence-electron chi connectivity index (χ0n) is 13.1. The van der Waals surface area contributed by atoms with E-state index in [1.54, 1.807) is 0 Å². The molecule has 0 aliphatic carbocycles. The Bertz CT molecular complexity index is 619. The molecule has 1 aliphatic heterocycles. The van der Waals surface area contributed by atoms with Gasteiger partial charge in [0.25, 0.3) is 0 Å². The standard InChI is InChI=1S/C16H19F3N2O4/c17-16(18,19)10-4-1-9(2-5-10)3-6-13(23)20-7-11-14(24)15(25)12(8-22)21-11/h1-6,11-12,14-15,21-22,24-25H,7-8H2,(H,20,23)/b6-3+/t11-,12-,14-,15+/m1/s1. The Morgan fingerprint density at radius 1 is 1.16 bits per heavy atom. The summed E-state index contributed by atoms with van der Waals surface area (Å²) in [6.07, 6.45) is -4.15. The lowest BCUT2D eigenvalue weighted by Crippen LogP contribution is -2.43. The number of nitrogens with one attached hydrogen (secondary N) is 2. The van der Waals surface area contributed by atoms with E-state index in [0.29, 0.717) is 5.56 Å². The molecule has 1 aliphatic rings. The zero-order chi connectivity index (χ0) is 18.6. The molecule has 25 heavy (non-hydrogen) atoms. The average molecular weight is 360 g/mol. The number of aliphatic hydroxyl groups excluding tert-OH is 3. The molecular formula is C16H19F3N2O4. The van der Waals surface area contributed by atoms with Crippen molar-refractivity contribution < 1.29 is 33.3 Å². The highest BCUT2D eigenvalue weighted by molar-refractivity contribution is 5.91. The quantitative estimate of drug-likeness (QED) is 0.472. The van der Waals surface area contributed by atoms with E-state index in [1.807, 2.05) is 0 Å². The summed E-state index contributed by atoms with van der Waals surface area (Å²) >= 11 is 0. The minimum Gasteiger partial charge on any atom is -0.395 e. The molecule has 0 bridgehead atoms. The fraction of sp³-hybridized carbons (Fsp3) is 0.438. The molecule has 0 aromatic heterocycles. The third-order valence-corrected chi connectivity index (χ3v) is 3.96.